The summed E-state index contributed by atoms with van der Waals surface area (Å²) in [5.74, 6) is -0.764. The van der Waals surface area contributed by atoms with E-state index in [-0.39, 0.29) is 17.9 Å². The van der Waals surface area contributed by atoms with E-state index in [1.54, 1.807) is 0 Å². The first-order valence-corrected chi connectivity index (χ1v) is 6.94. The van der Waals surface area contributed by atoms with E-state index in [1.165, 1.54) is 23.3 Å². The Morgan fingerprint density at radius 2 is 1.95 bits per heavy atom. The van der Waals surface area contributed by atoms with Gasteiger partial charge in [0.15, 0.2) is 0 Å². The van der Waals surface area contributed by atoms with Crippen LogP contribution in [0.4, 0.5) is 8.78 Å². The summed E-state index contributed by atoms with van der Waals surface area (Å²) in [5, 5.41) is 3.41. The maximum atomic E-state index is 13.8. The summed E-state index contributed by atoms with van der Waals surface area (Å²) in [5.41, 5.74) is 3.00. The van der Waals surface area contributed by atoms with E-state index in [1.807, 2.05) is 19.1 Å². The van der Waals surface area contributed by atoms with Gasteiger partial charge in [0.2, 0.25) is 0 Å². The van der Waals surface area contributed by atoms with Crippen LogP contribution in [0.15, 0.2) is 42.5 Å². The van der Waals surface area contributed by atoms with E-state index >= 15 is 0 Å². The van der Waals surface area contributed by atoms with Crippen LogP contribution in [-0.2, 0) is 6.42 Å². The van der Waals surface area contributed by atoms with Crippen LogP contribution in [0, 0.1) is 11.6 Å². The maximum absolute atomic E-state index is 13.8. The van der Waals surface area contributed by atoms with Crippen molar-refractivity contribution >= 4 is 0 Å². The van der Waals surface area contributed by atoms with Crippen molar-refractivity contribution in [3.8, 4) is 0 Å². The molecule has 2 aromatic rings. The Hall–Kier alpha value is -1.74. The molecule has 0 saturated heterocycles. The average molecular weight is 273 g/mol. The second-order valence-electron chi connectivity index (χ2n) is 5.34. The normalized spacial score (nSPS) is 18.9. The molecular formula is C17H17F2N. The Kier molecular flexibility index (Phi) is 3.53. The molecule has 0 bridgehead atoms. The third kappa shape index (κ3) is 2.46. The zero-order valence-electron chi connectivity index (χ0n) is 11.4. The molecule has 3 rings (SSSR count). The highest BCUT2D eigenvalue weighted by Gasteiger charge is 2.24. The van der Waals surface area contributed by atoms with Crippen LogP contribution < -0.4 is 5.32 Å². The van der Waals surface area contributed by atoms with Crippen LogP contribution in [0.25, 0.3) is 0 Å². The van der Waals surface area contributed by atoms with Gasteiger partial charge in [0, 0.05) is 17.6 Å². The van der Waals surface area contributed by atoms with Crippen molar-refractivity contribution in [3.05, 3.63) is 70.8 Å². The topological polar surface area (TPSA) is 12.0 Å². The van der Waals surface area contributed by atoms with Crippen molar-refractivity contribution in [2.24, 2.45) is 0 Å². The molecule has 104 valence electrons. The molecule has 0 aliphatic heterocycles. The highest BCUT2D eigenvalue weighted by molar-refractivity contribution is 5.35. The van der Waals surface area contributed by atoms with E-state index < -0.39 is 5.82 Å². The van der Waals surface area contributed by atoms with Crippen molar-refractivity contribution in [1.82, 2.24) is 5.32 Å². The van der Waals surface area contributed by atoms with Crippen molar-refractivity contribution in [3.63, 3.8) is 0 Å². The lowest BCUT2D eigenvalue weighted by Crippen LogP contribution is -2.23. The lowest BCUT2D eigenvalue weighted by Gasteiger charge is -2.21. The monoisotopic (exact) mass is 273 g/mol. The molecule has 0 amide bonds. The standard InChI is InChI=1S/C17H17F2N/c1-11(15-10-13(18)7-8-16(15)19)20-17-9-6-12-4-2-3-5-14(12)17/h2-5,7-8,10-11,17,20H,6,9H2,1H3. The fourth-order valence-corrected chi connectivity index (χ4v) is 2.97. The molecule has 0 saturated carbocycles. The number of fused-ring (bicyclic) bond motifs is 1. The van der Waals surface area contributed by atoms with Gasteiger partial charge in [-0.1, -0.05) is 24.3 Å². The lowest BCUT2D eigenvalue weighted by atomic mass is 10.0. The molecule has 0 radical (unpaired) electrons. The first-order valence-electron chi connectivity index (χ1n) is 6.94. The predicted molar refractivity (Wildman–Crippen MR) is 75.4 cm³/mol. The number of nitrogens with one attached hydrogen (secondary N) is 1. The molecule has 0 heterocycles. The van der Waals surface area contributed by atoms with E-state index in [0.717, 1.165) is 18.9 Å². The number of rotatable bonds is 3. The second kappa shape index (κ2) is 5.33. The lowest BCUT2D eigenvalue weighted by molar-refractivity contribution is 0.447. The smallest absolute Gasteiger partial charge is 0.128 e. The minimum absolute atomic E-state index is 0.212. The van der Waals surface area contributed by atoms with E-state index in [4.69, 9.17) is 0 Å². The van der Waals surface area contributed by atoms with Crippen LogP contribution in [0.1, 0.15) is 42.1 Å². The number of aryl methyl sites for hydroxylation is 1. The van der Waals surface area contributed by atoms with Gasteiger partial charge in [-0.3, -0.25) is 0 Å². The molecule has 3 heteroatoms. The first kappa shape index (κ1) is 13.3. The van der Waals surface area contributed by atoms with Crippen LogP contribution >= 0.6 is 0 Å². The van der Waals surface area contributed by atoms with Crippen LogP contribution in [0.3, 0.4) is 0 Å². The number of benzene rings is 2. The molecule has 1 nitrogen and oxygen atoms in total. The fourth-order valence-electron chi connectivity index (χ4n) is 2.97. The maximum Gasteiger partial charge on any atom is 0.128 e. The molecule has 20 heavy (non-hydrogen) atoms. The minimum Gasteiger partial charge on any atom is -0.303 e. The Morgan fingerprint density at radius 3 is 2.80 bits per heavy atom. The predicted octanol–water partition coefficient (Wildman–Crippen LogP) is 4.30. The van der Waals surface area contributed by atoms with Gasteiger partial charge in [-0.2, -0.15) is 0 Å². The van der Waals surface area contributed by atoms with Crippen LogP contribution in [0.5, 0.6) is 0 Å². The van der Waals surface area contributed by atoms with E-state index in [2.05, 4.69) is 17.4 Å². The average Bonchev–Trinajstić information content (AvgIpc) is 2.85. The Bertz CT molecular complexity index is 624. The van der Waals surface area contributed by atoms with Crippen molar-refractivity contribution < 1.29 is 8.78 Å². The Morgan fingerprint density at radius 1 is 1.15 bits per heavy atom. The molecule has 2 atom stereocenters. The van der Waals surface area contributed by atoms with Crippen molar-refractivity contribution in [2.75, 3.05) is 0 Å². The molecule has 1 aliphatic carbocycles. The SMILES string of the molecule is CC(NC1CCc2ccccc21)c1cc(F)ccc1F. The summed E-state index contributed by atoms with van der Waals surface area (Å²) in [6, 6.07) is 11.9. The minimum atomic E-state index is -0.401. The van der Waals surface area contributed by atoms with Gasteiger partial charge in [-0.05, 0) is 49.1 Å². The number of halogens is 2. The third-order valence-corrected chi connectivity index (χ3v) is 4.01. The summed E-state index contributed by atoms with van der Waals surface area (Å²) >= 11 is 0. The van der Waals surface area contributed by atoms with Crippen LogP contribution in [-0.4, -0.2) is 0 Å². The molecule has 0 aromatic heterocycles. The van der Waals surface area contributed by atoms with Gasteiger partial charge in [0.25, 0.3) is 0 Å². The number of hydrogen-bond donors (Lipinski definition) is 1. The third-order valence-electron chi connectivity index (χ3n) is 4.01. The van der Waals surface area contributed by atoms with Gasteiger partial charge in [0.1, 0.15) is 11.6 Å². The molecule has 2 unspecified atom stereocenters. The largest absolute Gasteiger partial charge is 0.303 e. The summed E-state index contributed by atoms with van der Waals surface area (Å²) in [6.07, 6.45) is 2.03. The first-order chi connectivity index (χ1) is 9.65. The van der Waals surface area contributed by atoms with Gasteiger partial charge in [-0.25, -0.2) is 8.78 Å². The quantitative estimate of drug-likeness (QED) is 0.879. The summed E-state index contributed by atoms with van der Waals surface area (Å²) < 4.78 is 27.0. The Labute approximate surface area is 117 Å². The summed E-state index contributed by atoms with van der Waals surface area (Å²) in [6.45, 7) is 1.87. The van der Waals surface area contributed by atoms with Gasteiger partial charge in [-0.15, -0.1) is 0 Å². The van der Waals surface area contributed by atoms with Crippen LogP contribution in [0.2, 0.25) is 0 Å². The van der Waals surface area contributed by atoms with Gasteiger partial charge in [0.05, 0.1) is 0 Å². The molecule has 0 spiro atoms. The molecule has 0 fully saturated rings. The van der Waals surface area contributed by atoms with E-state index in [0.29, 0.717) is 5.56 Å². The molecular weight excluding hydrogens is 256 g/mol. The molecule has 1 N–H and O–H groups in total. The van der Waals surface area contributed by atoms with Gasteiger partial charge < -0.3 is 5.32 Å². The highest BCUT2D eigenvalue weighted by Crippen LogP contribution is 2.33. The van der Waals surface area contributed by atoms with Crippen molar-refractivity contribution in [1.29, 1.82) is 0 Å². The summed E-state index contributed by atoms with van der Waals surface area (Å²) in [7, 11) is 0. The second-order valence-corrected chi connectivity index (χ2v) is 5.34. The number of hydrogen-bond acceptors (Lipinski definition) is 1. The summed E-state index contributed by atoms with van der Waals surface area (Å²) in [4.78, 5) is 0. The Balaban J connectivity index is 1.80. The molecule has 2 aromatic carbocycles. The zero-order chi connectivity index (χ0) is 14.1. The van der Waals surface area contributed by atoms with E-state index in [9.17, 15) is 8.78 Å². The van der Waals surface area contributed by atoms with Gasteiger partial charge >= 0.3 is 0 Å². The highest BCUT2D eigenvalue weighted by atomic mass is 19.1. The fraction of sp³-hybridized carbons (Fsp3) is 0.294. The van der Waals surface area contributed by atoms with Crippen molar-refractivity contribution in [2.45, 2.75) is 31.8 Å². The zero-order valence-corrected chi connectivity index (χ0v) is 11.4. The molecule has 1 aliphatic rings.